The van der Waals surface area contributed by atoms with Crippen LogP contribution >= 0.6 is 0 Å². The van der Waals surface area contributed by atoms with Crippen molar-refractivity contribution in [2.75, 3.05) is 6.61 Å². The first kappa shape index (κ1) is 14.7. The number of nitro benzene ring substituents is 1. The highest BCUT2D eigenvalue weighted by Gasteiger charge is 2.49. The number of nitro groups is 1. The second-order valence-corrected chi connectivity index (χ2v) is 5.61. The second kappa shape index (κ2) is 5.20. The van der Waals surface area contributed by atoms with E-state index in [1.165, 1.54) is 6.07 Å². The molecule has 8 heteroatoms. The number of halogens is 1. The quantitative estimate of drug-likeness (QED) is 0.663. The molecule has 2 aliphatic heterocycles. The first-order chi connectivity index (χ1) is 10.4. The Morgan fingerprint density at radius 2 is 2.32 bits per heavy atom. The zero-order chi connectivity index (χ0) is 15.9. The van der Waals surface area contributed by atoms with Gasteiger partial charge in [0.25, 0.3) is 11.7 Å². The summed E-state index contributed by atoms with van der Waals surface area (Å²) in [4.78, 5) is 14.6. The van der Waals surface area contributed by atoms with Gasteiger partial charge in [-0.25, -0.2) is 9.38 Å². The van der Waals surface area contributed by atoms with Crippen LogP contribution in [0.1, 0.15) is 25.3 Å². The Morgan fingerprint density at radius 3 is 3.05 bits per heavy atom. The molecule has 0 radical (unpaired) electrons. The van der Waals surface area contributed by atoms with Crippen LogP contribution in [0.5, 0.6) is 0 Å². The molecule has 3 rings (SSSR count). The van der Waals surface area contributed by atoms with E-state index in [1.54, 1.807) is 6.92 Å². The maximum atomic E-state index is 14.3. The lowest BCUT2D eigenvalue weighted by Gasteiger charge is -2.44. The number of hydrogen-bond acceptors (Lipinski definition) is 6. The summed E-state index contributed by atoms with van der Waals surface area (Å²) in [6, 6.07) is 3.32. The Labute approximate surface area is 126 Å². The number of ether oxygens (including phenoxy) is 2. The van der Waals surface area contributed by atoms with Crippen molar-refractivity contribution in [3.63, 3.8) is 0 Å². The number of benzene rings is 1. The molecule has 0 saturated carbocycles. The summed E-state index contributed by atoms with van der Waals surface area (Å²) >= 11 is 0. The van der Waals surface area contributed by atoms with Crippen molar-refractivity contribution in [2.45, 2.75) is 37.5 Å². The van der Waals surface area contributed by atoms with Gasteiger partial charge in [-0.15, -0.1) is 0 Å². The molecule has 0 spiro atoms. The lowest BCUT2D eigenvalue weighted by molar-refractivity contribution is -0.385. The van der Waals surface area contributed by atoms with E-state index in [0.717, 1.165) is 18.6 Å². The van der Waals surface area contributed by atoms with Crippen molar-refractivity contribution in [3.05, 3.63) is 39.7 Å². The van der Waals surface area contributed by atoms with Crippen molar-refractivity contribution in [1.29, 1.82) is 0 Å². The van der Waals surface area contributed by atoms with Gasteiger partial charge in [0, 0.05) is 24.3 Å². The van der Waals surface area contributed by atoms with Gasteiger partial charge in [-0.1, -0.05) is 0 Å². The summed E-state index contributed by atoms with van der Waals surface area (Å²) in [5.41, 5.74) is 4.44. The molecular weight excluding hydrogens is 293 g/mol. The van der Waals surface area contributed by atoms with Gasteiger partial charge in [0.2, 0.25) is 0 Å². The number of nitrogens with two attached hydrogens (primary N) is 1. The monoisotopic (exact) mass is 309 g/mol. The predicted octanol–water partition coefficient (Wildman–Crippen LogP) is 1.84. The number of aliphatic imine (C=N–C) groups is 1. The molecule has 118 valence electrons. The van der Waals surface area contributed by atoms with Gasteiger partial charge in [-0.2, -0.15) is 0 Å². The maximum Gasteiger partial charge on any atom is 0.283 e. The minimum Gasteiger partial charge on any atom is -0.459 e. The molecule has 7 nitrogen and oxygen atoms in total. The van der Waals surface area contributed by atoms with Crippen LogP contribution in [0.25, 0.3) is 0 Å². The molecule has 1 aromatic carbocycles. The number of hydrogen-bond donors (Lipinski definition) is 1. The molecule has 0 aliphatic carbocycles. The van der Waals surface area contributed by atoms with Crippen LogP contribution in [0, 0.1) is 15.9 Å². The molecule has 1 fully saturated rings. The van der Waals surface area contributed by atoms with Crippen LogP contribution in [0.3, 0.4) is 0 Å². The van der Waals surface area contributed by atoms with E-state index in [-0.39, 0.29) is 23.4 Å². The van der Waals surface area contributed by atoms with E-state index in [2.05, 4.69) is 4.99 Å². The van der Waals surface area contributed by atoms with Gasteiger partial charge in [0.1, 0.15) is 23.6 Å². The van der Waals surface area contributed by atoms with Crippen LogP contribution < -0.4 is 5.73 Å². The summed E-state index contributed by atoms with van der Waals surface area (Å²) in [6.07, 6.45) is 0.648. The number of non-ortho nitro benzene ring substituents is 1. The normalized spacial score (nSPS) is 30.9. The van der Waals surface area contributed by atoms with E-state index < -0.39 is 22.4 Å². The Bertz CT molecular complexity index is 651. The smallest absolute Gasteiger partial charge is 0.283 e. The molecule has 22 heavy (non-hydrogen) atoms. The first-order valence-electron chi connectivity index (χ1n) is 7.00. The number of nitrogens with zero attached hydrogens (tertiary/aromatic N) is 2. The summed E-state index contributed by atoms with van der Waals surface area (Å²) in [5, 5.41) is 11.0. The molecule has 2 aliphatic rings. The third kappa shape index (κ3) is 2.29. The Kier molecular flexibility index (Phi) is 3.48. The average Bonchev–Trinajstić information content (AvgIpc) is 2.47. The van der Waals surface area contributed by atoms with Crippen LogP contribution in [0.2, 0.25) is 0 Å². The molecule has 3 atom stereocenters. The van der Waals surface area contributed by atoms with E-state index >= 15 is 0 Å². The molecule has 0 aromatic heterocycles. The van der Waals surface area contributed by atoms with Gasteiger partial charge < -0.3 is 15.2 Å². The standard InChI is InChI=1S/C14H16FN3O4/c1-14(9-7-8(18(19)20)4-5-10(9)15)12-11(3-2-6-21-12)22-13(16)17-14/h4-5,7,11-12H,2-3,6H2,1H3,(H2,16,17)/t11-,12+,14-/m1/s1. The van der Waals surface area contributed by atoms with E-state index in [4.69, 9.17) is 15.2 Å². The van der Waals surface area contributed by atoms with Crippen LogP contribution in [0.4, 0.5) is 10.1 Å². The summed E-state index contributed by atoms with van der Waals surface area (Å²) in [6.45, 7) is 2.17. The minimum atomic E-state index is -1.16. The fourth-order valence-corrected chi connectivity index (χ4v) is 3.10. The van der Waals surface area contributed by atoms with Crippen molar-refractivity contribution in [2.24, 2.45) is 10.7 Å². The van der Waals surface area contributed by atoms with Gasteiger partial charge >= 0.3 is 0 Å². The van der Waals surface area contributed by atoms with E-state index in [0.29, 0.717) is 13.0 Å². The summed E-state index contributed by atoms with van der Waals surface area (Å²) in [5.74, 6) is -0.584. The lowest BCUT2D eigenvalue weighted by Crippen LogP contribution is -2.54. The fraction of sp³-hybridized carbons (Fsp3) is 0.500. The van der Waals surface area contributed by atoms with Gasteiger partial charge in [0.05, 0.1) is 4.92 Å². The predicted molar refractivity (Wildman–Crippen MR) is 75.9 cm³/mol. The van der Waals surface area contributed by atoms with Crippen LogP contribution in [-0.4, -0.2) is 29.8 Å². The van der Waals surface area contributed by atoms with Crippen molar-refractivity contribution >= 4 is 11.7 Å². The van der Waals surface area contributed by atoms with Gasteiger partial charge in [-0.05, 0) is 25.8 Å². The highest BCUT2D eigenvalue weighted by Crippen LogP contribution is 2.41. The highest BCUT2D eigenvalue weighted by atomic mass is 19.1. The largest absolute Gasteiger partial charge is 0.459 e. The number of amidine groups is 1. The van der Waals surface area contributed by atoms with Crippen molar-refractivity contribution in [1.82, 2.24) is 0 Å². The van der Waals surface area contributed by atoms with Crippen LogP contribution in [0.15, 0.2) is 23.2 Å². The zero-order valence-corrected chi connectivity index (χ0v) is 12.0. The summed E-state index contributed by atoms with van der Waals surface area (Å²) in [7, 11) is 0. The molecule has 1 aromatic rings. The molecule has 0 unspecified atom stereocenters. The first-order valence-corrected chi connectivity index (χ1v) is 7.00. The topological polar surface area (TPSA) is 100.0 Å². The Morgan fingerprint density at radius 1 is 1.55 bits per heavy atom. The molecule has 0 amide bonds. The van der Waals surface area contributed by atoms with Gasteiger partial charge in [-0.3, -0.25) is 10.1 Å². The molecule has 0 bridgehead atoms. The molecule has 2 heterocycles. The minimum absolute atomic E-state index is 0.0554. The van der Waals surface area contributed by atoms with Crippen molar-refractivity contribution < 1.29 is 18.8 Å². The average molecular weight is 309 g/mol. The SMILES string of the molecule is C[C@]1(c2cc([N+](=O)[O-])ccc2F)N=C(N)O[C@@H]2CCCO[C@@H]21. The van der Waals surface area contributed by atoms with Gasteiger partial charge in [0.15, 0.2) is 0 Å². The lowest BCUT2D eigenvalue weighted by atomic mass is 9.80. The molecule has 2 N–H and O–H groups in total. The molecular formula is C14H16FN3O4. The van der Waals surface area contributed by atoms with Crippen LogP contribution in [-0.2, 0) is 15.0 Å². The van der Waals surface area contributed by atoms with Crippen molar-refractivity contribution in [3.8, 4) is 0 Å². The number of fused-ring (bicyclic) bond motifs is 1. The second-order valence-electron chi connectivity index (χ2n) is 5.61. The summed E-state index contributed by atoms with van der Waals surface area (Å²) < 4.78 is 25.5. The zero-order valence-electron chi connectivity index (χ0n) is 12.0. The molecule has 1 saturated heterocycles. The highest BCUT2D eigenvalue weighted by molar-refractivity contribution is 5.73. The Balaban J connectivity index is 2.13. The third-order valence-corrected chi connectivity index (χ3v) is 4.14. The number of rotatable bonds is 2. The Hall–Kier alpha value is -2.22. The third-order valence-electron chi connectivity index (χ3n) is 4.14. The van der Waals surface area contributed by atoms with E-state index in [9.17, 15) is 14.5 Å². The maximum absolute atomic E-state index is 14.3. The fourth-order valence-electron chi connectivity index (χ4n) is 3.10. The van der Waals surface area contributed by atoms with E-state index in [1.807, 2.05) is 0 Å².